The molecule has 2 saturated heterocycles. The molecule has 0 spiro atoms. The topological polar surface area (TPSA) is 236 Å². The fourth-order valence-electron chi connectivity index (χ4n) is 13.7. The fraction of sp³-hybridized carbons (Fsp3) is 0.929. The maximum atomic E-state index is 12.5. The van der Waals surface area contributed by atoms with Crippen LogP contribution in [0.5, 0.6) is 0 Å². The van der Waals surface area contributed by atoms with E-state index in [-0.39, 0.29) is 46.0 Å². The van der Waals surface area contributed by atoms with Crippen LogP contribution < -0.4 is 0 Å². The van der Waals surface area contributed by atoms with Crippen LogP contribution in [0.25, 0.3) is 0 Å². The van der Waals surface area contributed by atoms with E-state index in [0.29, 0.717) is 19.3 Å². The minimum atomic E-state index is -1.79. The number of rotatable bonds is 7. The van der Waals surface area contributed by atoms with Crippen molar-refractivity contribution >= 4 is 5.97 Å². The van der Waals surface area contributed by atoms with Crippen molar-refractivity contribution in [2.75, 3.05) is 13.2 Å². The molecule has 9 N–H and O–H groups in total. The van der Waals surface area contributed by atoms with Gasteiger partial charge in [-0.25, -0.2) is 4.79 Å². The van der Waals surface area contributed by atoms with Gasteiger partial charge in [-0.15, -0.1) is 0 Å². The summed E-state index contributed by atoms with van der Waals surface area (Å²) in [6.45, 7) is 15.6. The maximum absolute atomic E-state index is 12.5. The molecule has 0 aromatic carbocycles. The summed E-state index contributed by atoms with van der Waals surface area (Å²) >= 11 is 0. The molecule has 7 aliphatic rings. The molecule has 56 heavy (non-hydrogen) atoms. The van der Waals surface area contributed by atoms with Crippen LogP contribution in [0.1, 0.15) is 106 Å². The molecule has 0 bridgehead atoms. The van der Waals surface area contributed by atoms with Crippen molar-refractivity contribution in [2.24, 2.45) is 50.2 Å². The molecule has 0 aromatic heterocycles. The van der Waals surface area contributed by atoms with Crippen LogP contribution in [0.2, 0.25) is 0 Å². The van der Waals surface area contributed by atoms with Gasteiger partial charge in [0, 0.05) is 5.41 Å². The van der Waals surface area contributed by atoms with E-state index in [1.54, 1.807) is 0 Å². The van der Waals surface area contributed by atoms with Crippen LogP contribution in [0.4, 0.5) is 0 Å². The summed E-state index contributed by atoms with van der Waals surface area (Å²) in [7, 11) is 0. The zero-order valence-corrected chi connectivity index (χ0v) is 34.1. The Balaban J connectivity index is 1.16. The van der Waals surface area contributed by atoms with Gasteiger partial charge in [-0.3, -0.25) is 0 Å². The summed E-state index contributed by atoms with van der Waals surface area (Å²) < 4.78 is 24.0. The van der Waals surface area contributed by atoms with Crippen LogP contribution in [0.3, 0.4) is 0 Å². The average molecular weight is 797 g/mol. The van der Waals surface area contributed by atoms with Gasteiger partial charge in [0.2, 0.25) is 0 Å². The predicted octanol–water partition coefficient (Wildman–Crippen LogP) is 1.85. The van der Waals surface area contributed by atoms with Crippen molar-refractivity contribution in [1.29, 1.82) is 0 Å². The van der Waals surface area contributed by atoms with Gasteiger partial charge in [0.05, 0.1) is 25.4 Å². The van der Waals surface area contributed by atoms with E-state index >= 15 is 0 Å². The number of carboxylic acid groups (broad SMARTS) is 1. The number of allylic oxidation sites excluding steroid dienone is 2. The van der Waals surface area contributed by atoms with Crippen LogP contribution in [0.15, 0.2) is 11.6 Å². The third-order valence-corrected chi connectivity index (χ3v) is 17.3. The Kier molecular flexibility index (Phi) is 11.0. The lowest BCUT2D eigenvalue weighted by atomic mass is 9.33. The number of carbonyl (C=O) groups is 1. The third kappa shape index (κ3) is 6.29. The van der Waals surface area contributed by atoms with Crippen LogP contribution in [0, 0.1) is 50.2 Å². The molecule has 6 fully saturated rings. The number of carboxylic acids is 1. The van der Waals surface area contributed by atoms with Gasteiger partial charge in [-0.1, -0.05) is 60.1 Å². The van der Waals surface area contributed by atoms with E-state index in [2.05, 4.69) is 54.5 Å². The molecule has 4 saturated carbocycles. The first-order chi connectivity index (χ1) is 26.0. The number of fused-ring (bicyclic) bond motifs is 7. The van der Waals surface area contributed by atoms with Gasteiger partial charge in [0.15, 0.2) is 18.7 Å². The molecule has 0 radical (unpaired) electrons. The largest absolute Gasteiger partial charge is 0.479 e. The Morgan fingerprint density at radius 2 is 1.43 bits per heavy atom. The van der Waals surface area contributed by atoms with Crippen molar-refractivity contribution in [2.45, 2.75) is 180 Å². The lowest BCUT2D eigenvalue weighted by Gasteiger charge is -2.72. The molecular formula is C42H68O14. The second-order valence-electron chi connectivity index (χ2n) is 20.9. The van der Waals surface area contributed by atoms with E-state index in [9.17, 15) is 50.8 Å². The van der Waals surface area contributed by atoms with E-state index in [1.807, 2.05) is 0 Å². The summed E-state index contributed by atoms with van der Waals surface area (Å²) in [5.41, 5.74) is -0.347. The zero-order chi connectivity index (χ0) is 41.1. The number of aliphatic hydroxyl groups excluding tert-OH is 8. The first kappa shape index (κ1) is 42.8. The monoisotopic (exact) mass is 796 g/mol. The molecule has 2 heterocycles. The molecule has 14 nitrogen and oxygen atoms in total. The highest BCUT2D eigenvalue weighted by Gasteiger charge is 2.70. The maximum Gasteiger partial charge on any atom is 0.335 e. The van der Waals surface area contributed by atoms with Gasteiger partial charge < -0.3 is 64.9 Å². The van der Waals surface area contributed by atoms with Gasteiger partial charge in [0.25, 0.3) is 0 Å². The number of ether oxygens (including phenoxy) is 4. The fourth-order valence-corrected chi connectivity index (χ4v) is 13.7. The predicted molar refractivity (Wildman–Crippen MR) is 199 cm³/mol. The van der Waals surface area contributed by atoms with Crippen LogP contribution >= 0.6 is 0 Å². The van der Waals surface area contributed by atoms with Crippen molar-refractivity contribution < 1.29 is 69.7 Å². The lowest BCUT2D eigenvalue weighted by Crippen LogP contribution is -2.68. The molecular weight excluding hydrogens is 728 g/mol. The second kappa shape index (κ2) is 14.4. The number of aliphatic carboxylic acids is 1. The first-order valence-electron chi connectivity index (χ1n) is 20.9. The highest BCUT2D eigenvalue weighted by Crippen LogP contribution is 2.76. The Labute approximate surface area is 330 Å². The quantitative estimate of drug-likeness (QED) is 0.132. The minimum absolute atomic E-state index is 0.00809. The molecule has 2 aliphatic heterocycles. The Hall–Kier alpha value is -1.27. The SMILES string of the molecule is CC1(C)CC[C@]2(CO[C@@H]3O[C@H](CO)[C@@H](O)[C@H](O)[C@H]3O)[C@@H](O)C[C@]3(C)C(=CC[C@@H]4[C@@]5(C)CC[C@H](O[C@@H]6O[C@H](C(=O)O)[C@@H](O)[C@H](O)[C@H]6O)C(C)(C)[C@@H]5CC[C@]43C)[C@@H]2C1. The molecule has 0 amide bonds. The first-order valence-corrected chi connectivity index (χ1v) is 20.9. The highest BCUT2D eigenvalue weighted by molar-refractivity contribution is 5.73. The van der Waals surface area contributed by atoms with E-state index < -0.39 is 97.0 Å². The Bertz CT molecular complexity index is 1520. The van der Waals surface area contributed by atoms with E-state index in [1.165, 1.54) is 5.57 Å². The van der Waals surface area contributed by atoms with Crippen molar-refractivity contribution in [3.05, 3.63) is 11.6 Å². The summed E-state index contributed by atoms with van der Waals surface area (Å²) in [4.78, 5) is 11.8. The summed E-state index contributed by atoms with van der Waals surface area (Å²) in [5.74, 6) is -0.987. The molecule has 14 heteroatoms. The van der Waals surface area contributed by atoms with Gasteiger partial charge in [0.1, 0.15) is 42.7 Å². The van der Waals surface area contributed by atoms with Gasteiger partial charge in [-0.2, -0.15) is 0 Å². The summed E-state index contributed by atoms with van der Waals surface area (Å²) in [6.07, 6.45) is -6.81. The number of hydrogen-bond acceptors (Lipinski definition) is 13. The van der Waals surface area contributed by atoms with E-state index in [0.717, 1.165) is 38.5 Å². The van der Waals surface area contributed by atoms with Crippen LogP contribution in [-0.2, 0) is 23.7 Å². The third-order valence-electron chi connectivity index (χ3n) is 17.3. The Morgan fingerprint density at radius 3 is 2.09 bits per heavy atom. The van der Waals surface area contributed by atoms with Crippen molar-refractivity contribution in [3.8, 4) is 0 Å². The average Bonchev–Trinajstić information content (AvgIpc) is 3.12. The normalized spacial score (nSPS) is 53.8. The molecule has 19 atom stereocenters. The summed E-state index contributed by atoms with van der Waals surface area (Å²) in [6, 6.07) is 0. The Morgan fingerprint density at radius 1 is 0.768 bits per heavy atom. The smallest absolute Gasteiger partial charge is 0.335 e. The zero-order valence-electron chi connectivity index (χ0n) is 34.1. The molecule has 0 aromatic rings. The molecule has 0 unspecified atom stereocenters. The van der Waals surface area contributed by atoms with E-state index in [4.69, 9.17) is 18.9 Å². The highest BCUT2D eigenvalue weighted by atomic mass is 16.7. The summed E-state index contributed by atoms with van der Waals surface area (Å²) in [5, 5.41) is 95.1. The van der Waals surface area contributed by atoms with Crippen LogP contribution in [-0.4, -0.2) is 139 Å². The van der Waals surface area contributed by atoms with Gasteiger partial charge >= 0.3 is 5.97 Å². The van der Waals surface area contributed by atoms with Crippen molar-refractivity contribution in [3.63, 3.8) is 0 Å². The molecule has 5 aliphatic carbocycles. The standard InChI is InChI=1S/C42H68O14/c1-37(2)14-15-42(19-53-35-31(49)28(46)27(45)22(18-43)54-35)21(16-37)20-8-9-24-39(5)12-11-26(55-36-32(50)29(47)30(48)33(56-36)34(51)52)38(3,4)23(39)10-13-40(24,6)41(20,7)17-25(42)44/h8,21-33,35-36,43-50H,9-19H2,1-7H3,(H,51,52)/t21-,22+,23-,24+,25-,26-,27+,28-,29-,30-,31+,32+,33-,35+,36+,39-,40+,41+,42+/m0/s1. The van der Waals surface area contributed by atoms with Gasteiger partial charge in [-0.05, 0) is 103 Å². The molecule has 320 valence electrons. The lowest BCUT2D eigenvalue weighted by molar-refractivity contribution is -0.324. The number of aliphatic hydroxyl groups is 8. The molecule has 7 rings (SSSR count). The van der Waals surface area contributed by atoms with Crippen molar-refractivity contribution in [1.82, 2.24) is 0 Å². The number of hydrogen-bond donors (Lipinski definition) is 9. The second-order valence-corrected chi connectivity index (χ2v) is 20.9. The minimum Gasteiger partial charge on any atom is -0.479 e.